The molecule has 29 heavy (non-hydrogen) atoms. The molecule has 1 aromatic rings. The number of aliphatic hydroxyl groups is 1. The van der Waals surface area contributed by atoms with Crippen LogP contribution in [0.4, 0.5) is 0 Å². The van der Waals surface area contributed by atoms with E-state index in [4.69, 9.17) is 0 Å². The van der Waals surface area contributed by atoms with Crippen molar-refractivity contribution in [3.63, 3.8) is 0 Å². The van der Waals surface area contributed by atoms with E-state index in [1.165, 1.54) is 4.90 Å². The third-order valence-corrected chi connectivity index (χ3v) is 7.34. The summed E-state index contributed by atoms with van der Waals surface area (Å²) in [5, 5.41) is 10.3. The van der Waals surface area contributed by atoms with Gasteiger partial charge in [-0.1, -0.05) is 30.3 Å². The molecule has 0 saturated carbocycles. The highest BCUT2D eigenvalue weighted by molar-refractivity contribution is 6.06. The molecule has 5 rings (SSSR count). The number of carbonyl (C=O) groups is 2. The van der Waals surface area contributed by atoms with E-state index < -0.39 is 11.6 Å². The number of aliphatic hydroxyl groups excluding tert-OH is 1. The molecule has 4 heterocycles. The van der Waals surface area contributed by atoms with Gasteiger partial charge in [-0.2, -0.15) is 0 Å². The van der Waals surface area contributed by atoms with E-state index in [2.05, 4.69) is 16.8 Å². The topological polar surface area (TPSA) is 67.3 Å². The fraction of sp³-hybridized carbons (Fsp3) is 0.636. The summed E-state index contributed by atoms with van der Waals surface area (Å²) in [6.45, 7) is 4.25. The summed E-state index contributed by atoms with van der Waals surface area (Å²) in [4.78, 5) is 35.0. The van der Waals surface area contributed by atoms with E-state index in [1.807, 2.05) is 35.2 Å². The Balaban J connectivity index is 1.38. The van der Waals surface area contributed by atoms with Gasteiger partial charge in [-0.15, -0.1) is 0 Å². The number of fused-ring (bicyclic) bond motifs is 2. The molecule has 4 saturated heterocycles. The van der Waals surface area contributed by atoms with E-state index in [9.17, 15) is 14.7 Å². The molecular formula is C22H30N4O3. The van der Waals surface area contributed by atoms with E-state index >= 15 is 0 Å². The van der Waals surface area contributed by atoms with Gasteiger partial charge in [0.1, 0.15) is 5.54 Å². The summed E-state index contributed by atoms with van der Waals surface area (Å²) >= 11 is 0. The number of amides is 2. The quantitative estimate of drug-likeness (QED) is 0.731. The van der Waals surface area contributed by atoms with Crippen LogP contribution in [0.15, 0.2) is 30.3 Å². The van der Waals surface area contributed by atoms with Crippen LogP contribution in [-0.2, 0) is 16.1 Å². The number of hydrogen-bond acceptors (Lipinski definition) is 6. The van der Waals surface area contributed by atoms with E-state index in [0.29, 0.717) is 38.6 Å². The molecule has 0 aromatic heterocycles. The van der Waals surface area contributed by atoms with Gasteiger partial charge in [0.05, 0.1) is 18.7 Å². The molecule has 4 aliphatic rings. The van der Waals surface area contributed by atoms with Gasteiger partial charge < -0.3 is 10.0 Å². The van der Waals surface area contributed by atoms with Crippen molar-refractivity contribution in [2.45, 2.75) is 49.5 Å². The SMILES string of the molecule is CN1CCC(N2CC3(C2)C(=O)N(Cc2ccccc2)C(=O)C2CC(O)CN23)CC1. The maximum Gasteiger partial charge on any atom is 0.252 e. The average molecular weight is 399 g/mol. The molecule has 0 radical (unpaired) electrons. The van der Waals surface area contributed by atoms with E-state index in [1.54, 1.807) is 0 Å². The molecular weight excluding hydrogens is 368 g/mol. The number of hydrogen-bond donors (Lipinski definition) is 1. The Morgan fingerprint density at radius 2 is 1.79 bits per heavy atom. The Kier molecular flexibility index (Phi) is 4.74. The molecule has 2 atom stereocenters. The molecule has 7 nitrogen and oxygen atoms in total. The Hall–Kier alpha value is -1.80. The first-order valence-electron chi connectivity index (χ1n) is 10.7. The van der Waals surface area contributed by atoms with Crippen molar-refractivity contribution in [1.29, 1.82) is 0 Å². The number of piperidine rings is 1. The number of nitrogens with zero attached hydrogens (tertiary/aromatic N) is 4. The van der Waals surface area contributed by atoms with Crippen LogP contribution in [0.2, 0.25) is 0 Å². The van der Waals surface area contributed by atoms with Crippen molar-refractivity contribution < 1.29 is 14.7 Å². The highest BCUT2D eigenvalue weighted by Gasteiger charge is 2.64. The van der Waals surface area contributed by atoms with Crippen molar-refractivity contribution in [3.8, 4) is 0 Å². The van der Waals surface area contributed by atoms with Gasteiger partial charge in [0.25, 0.3) is 5.91 Å². The molecule has 4 fully saturated rings. The van der Waals surface area contributed by atoms with Crippen LogP contribution < -0.4 is 0 Å². The number of rotatable bonds is 3. The highest BCUT2D eigenvalue weighted by atomic mass is 16.3. The molecule has 0 bridgehead atoms. The van der Waals surface area contributed by atoms with Crippen molar-refractivity contribution in [2.24, 2.45) is 0 Å². The fourth-order valence-electron chi connectivity index (χ4n) is 5.65. The number of piperazine rings is 1. The minimum atomic E-state index is -0.659. The zero-order valence-corrected chi connectivity index (χ0v) is 17.0. The molecule has 1 spiro atoms. The number of carbonyl (C=O) groups excluding carboxylic acids is 2. The predicted molar refractivity (Wildman–Crippen MR) is 108 cm³/mol. The van der Waals surface area contributed by atoms with Gasteiger partial charge in [0.15, 0.2) is 0 Å². The molecule has 2 unspecified atom stereocenters. The lowest BCUT2D eigenvalue weighted by Crippen LogP contribution is -2.82. The molecule has 0 aliphatic carbocycles. The molecule has 4 aliphatic heterocycles. The van der Waals surface area contributed by atoms with Crippen LogP contribution >= 0.6 is 0 Å². The van der Waals surface area contributed by atoms with E-state index in [0.717, 1.165) is 31.5 Å². The van der Waals surface area contributed by atoms with Gasteiger partial charge in [0.2, 0.25) is 5.91 Å². The van der Waals surface area contributed by atoms with Gasteiger partial charge in [-0.05, 0) is 45.0 Å². The normalized spacial score (nSPS) is 31.3. The van der Waals surface area contributed by atoms with Crippen LogP contribution in [0.5, 0.6) is 0 Å². The third-order valence-electron chi connectivity index (χ3n) is 7.34. The van der Waals surface area contributed by atoms with Gasteiger partial charge in [-0.3, -0.25) is 24.3 Å². The number of β-amino-alcohol motifs (C(OH)–C–C–N with tert-alkyl or cyclic N) is 1. The summed E-state index contributed by atoms with van der Waals surface area (Å²) < 4.78 is 0. The Morgan fingerprint density at radius 3 is 2.48 bits per heavy atom. The van der Waals surface area contributed by atoms with Gasteiger partial charge >= 0.3 is 0 Å². The van der Waals surface area contributed by atoms with Crippen LogP contribution in [0, 0.1) is 0 Å². The lowest BCUT2D eigenvalue weighted by Gasteiger charge is -2.60. The molecule has 7 heteroatoms. The van der Waals surface area contributed by atoms with Crippen LogP contribution in [0.1, 0.15) is 24.8 Å². The highest BCUT2D eigenvalue weighted by Crippen LogP contribution is 2.42. The Bertz CT molecular complexity index is 787. The zero-order valence-electron chi connectivity index (χ0n) is 17.0. The monoisotopic (exact) mass is 398 g/mol. The zero-order chi connectivity index (χ0) is 20.2. The van der Waals surface area contributed by atoms with Crippen LogP contribution in [0.3, 0.4) is 0 Å². The van der Waals surface area contributed by atoms with Crippen molar-refractivity contribution >= 4 is 11.8 Å². The first kappa shape index (κ1) is 19.2. The number of benzene rings is 1. The summed E-state index contributed by atoms with van der Waals surface area (Å²) in [5.41, 5.74) is 0.302. The molecule has 1 aromatic carbocycles. The summed E-state index contributed by atoms with van der Waals surface area (Å²) in [5.74, 6) is -0.236. The fourth-order valence-corrected chi connectivity index (χ4v) is 5.65. The molecule has 156 valence electrons. The first-order valence-corrected chi connectivity index (χ1v) is 10.7. The molecule has 1 N–H and O–H groups in total. The first-order chi connectivity index (χ1) is 14.0. The van der Waals surface area contributed by atoms with Crippen molar-refractivity contribution in [3.05, 3.63) is 35.9 Å². The van der Waals surface area contributed by atoms with Gasteiger partial charge in [-0.25, -0.2) is 0 Å². The Labute approximate surface area is 171 Å². The smallest absolute Gasteiger partial charge is 0.252 e. The van der Waals surface area contributed by atoms with E-state index in [-0.39, 0.29) is 17.9 Å². The molecule has 2 amide bonds. The van der Waals surface area contributed by atoms with Gasteiger partial charge in [0, 0.05) is 25.7 Å². The minimum absolute atomic E-state index is 0.0825. The lowest BCUT2D eigenvalue weighted by atomic mass is 9.80. The largest absolute Gasteiger partial charge is 0.392 e. The summed E-state index contributed by atoms with van der Waals surface area (Å²) in [6, 6.07) is 9.83. The summed E-state index contributed by atoms with van der Waals surface area (Å²) in [6.07, 6.45) is 2.13. The number of imide groups is 1. The maximum atomic E-state index is 13.6. The minimum Gasteiger partial charge on any atom is -0.392 e. The predicted octanol–water partition coefficient (Wildman–Crippen LogP) is 0.139. The summed E-state index contributed by atoms with van der Waals surface area (Å²) in [7, 11) is 2.15. The van der Waals surface area contributed by atoms with Crippen LogP contribution in [0.25, 0.3) is 0 Å². The third kappa shape index (κ3) is 3.11. The van der Waals surface area contributed by atoms with Crippen molar-refractivity contribution in [1.82, 2.24) is 19.6 Å². The standard InChI is InChI=1S/C22H30N4O3/c1-23-9-7-17(8-10-23)24-14-22(15-24)21(29)25(12-16-5-3-2-4-6-16)20(28)19-11-18(27)13-26(19)22/h2-6,17-19,27H,7-15H2,1H3. The second-order valence-electron chi connectivity index (χ2n) is 9.24. The van der Waals surface area contributed by atoms with Crippen LogP contribution in [-0.4, -0.2) is 100 Å². The average Bonchev–Trinajstić information content (AvgIpc) is 3.08. The second kappa shape index (κ2) is 7.16. The van der Waals surface area contributed by atoms with Crippen molar-refractivity contribution in [2.75, 3.05) is 39.8 Å². The number of likely N-dealkylation sites (tertiary alicyclic amines) is 2. The lowest BCUT2D eigenvalue weighted by molar-refractivity contribution is -0.184. The second-order valence-corrected chi connectivity index (χ2v) is 9.24. The maximum absolute atomic E-state index is 13.6. The Morgan fingerprint density at radius 1 is 1.10 bits per heavy atom.